The molecule has 0 spiro atoms. The minimum Gasteiger partial charge on any atom is -0.312 e. The lowest BCUT2D eigenvalue weighted by molar-refractivity contribution is -0.137. The Morgan fingerprint density at radius 2 is 1.86 bits per heavy atom. The fourth-order valence-corrected chi connectivity index (χ4v) is 4.33. The second kappa shape index (κ2) is 7.70. The van der Waals surface area contributed by atoms with E-state index < -0.39 is 26.7 Å². The number of alkyl halides is 3. The fraction of sp³-hybridized carbons (Fsp3) is 0.350. The van der Waals surface area contributed by atoms with Crippen molar-refractivity contribution in [1.82, 2.24) is 0 Å². The van der Waals surface area contributed by atoms with Gasteiger partial charge >= 0.3 is 6.18 Å². The third kappa shape index (κ3) is 4.55. The summed E-state index contributed by atoms with van der Waals surface area (Å²) in [5.41, 5.74) is 0.690. The van der Waals surface area contributed by atoms with Crippen LogP contribution in [-0.2, 0) is 27.4 Å². The number of fused-ring (bicyclic) bond motifs is 1. The molecule has 0 aromatic heterocycles. The van der Waals surface area contributed by atoms with Crippen LogP contribution in [0.2, 0.25) is 0 Å². The number of benzene rings is 2. The third-order valence-electron chi connectivity index (χ3n) is 4.69. The van der Waals surface area contributed by atoms with Crippen LogP contribution in [-0.4, -0.2) is 20.9 Å². The number of halogens is 3. The van der Waals surface area contributed by atoms with Crippen molar-refractivity contribution < 1.29 is 26.4 Å². The van der Waals surface area contributed by atoms with Crippen molar-refractivity contribution in [1.29, 1.82) is 0 Å². The zero-order chi connectivity index (χ0) is 21.4. The van der Waals surface area contributed by atoms with Crippen LogP contribution in [0.4, 0.5) is 24.5 Å². The van der Waals surface area contributed by atoms with E-state index in [1.165, 1.54) is 0 Å². The van der Waals surface area contributed by atoms with Crippen LogP contribution in [0.3, 0.4) is 0 Å². The van der Waals surface area contributed by atoms with Crippen LogP contribution in [0.15, 0.2) is 47.4 Å². The van der Waals surface area contributed by atoms with Gasteiger partial charge in [0, 0.05) is 18.2 Å². The number of nitrogens with one attached hydrogen (secondary N) is 1. The number of rotatable bonds is 4. The largest absolute Gasteiger partial charge is 0.416 e. The van der Waals surface area contributed by atoms with Crippen molar-refractivity contribution in [2.75, 3.05) is 16.2 Å². The van der Waals surface area contributed by atoms with Gasteiger partial charge in [-0.2, -0.15) is 13.2 Å². The third-order valence-corrected chi connectivity index (χ3v) is 6.07. The van der Waals surface area contributed by atoms with E-state index in [1.54, 1.807) is 36.9 Å². The molecule has 2 aromatic carbocycles. The number of amides is 1. The molecule has 0 aliphatic carbocycles. The Labute approximate surface area is 167 Å². The first-order chi connectivity index (χ1) is 13.5. The number of carbonyl (C=O) groups excluding carboxylic acids is 1. The van der Waals surface area contributed by atoms with E-state index in [1.807, 2.05) is 0 Å². The van der Waals surface area contributed by atoms with Crippen LogP contribution in [0.5, 0.6) is 0 Å². The summed E-state index contributed by atoms with van der Waals surface area (Å²) in [7, 11) is -4.23. The minimum atomic E-state index is -4.64. The number of carbonyl (C=O) groups is 1. The van der Waals surface area contributed by atoms with E-state index in [0.29, 0.717) is 18.3 Å². The van der Waals surface area contributed by atoms with Gasteiger partial charge in [-0.1, -0.05) is 26.0 Å². The van der Waals surface area contributed by atoms with Gasteiger partial charge in [-0.25, -0.2) is 8.42 Å². The first-order valence-electron chi connectivity index (χ1n) is 9.13. The molecule has 1 aliphatic heterocycles. The number of hydrogen-bond acceptors (Lipinski definition) is 3. The van der Waals surface area contributed by atoms with Gasteiger partial charge in [0.1, 0.15) is 0 Å². The number of nitrogens with zero attached hydrogens (tertiary/aromatic N) is 1. The van der Waals surface area contributed by atoms with Gasteiger partial charge in [0.15, 0.2) is 0 Å². The van der Waals surface area contributed by atoms with E-state index in [-0.39, 0.29) is 17.5 Å². The summed E-state index contributed by atoms with van der Waals surface area (Å²) in [6, 6.07) is 8.40. The first kappa shape index (κ1) is 21.2. The normalized spacial score (nSPS) is 14.6. The standard InChI is InChI=1S/C20H21F3N2O3S/c1-13(2)19(26)25-10-4-5-14-8-9-16(12-18(14)25)24-29(27,28)17-7-3-6-15(11-17)20(21,22)23/h3,6-9,11-13,24H,4-5,10H2,1-2H3. The van der Waals surface area contributed by atoms with E-state index in [0.717, 1.165) is 36.6 Å². The Bertz CT molecular complexity index is 1030. The predicted octanol–water partition coefficient (Wildman–Crippen LogP) is 4.44. The Hall–Kier alpha value is -2.55. The highest BCUT2D eigenvalue weighted by Crippen LogP contribution is 2.33. The number of aryl methyl sites for hydroxylation is 1. The maximum atomic E-state index is 12.9. The second-order valence-corrected chi connectivity index (χ2v) is 8.91. The molecule has 0 bridgehead atoms. The Balaban J connectivity index is 1.93. The van der Waals surface area contributed by atoms with E-state index in [4.69, 9.17) is 0 Å². The lowest BCUT2D eigenvalue weighted by Crippen LogP contribution is -2.38. The molecule has 156 valence electrons. The summed E-state index contributed by atoms with van der Waals surface area (Å²) < 4.78 is 66.3. The average molecular weight is 426 g/mol. The molecular formula is C20H21F3N2O3S. The summed E-state index contributed by atoms with van der Waals surface area (Å²) in [5, 5.41) is 0. The van der Waals surface area contributed by atoms with Crippen LogP contribution >= 0.6 is 0 Å². The van der Waals surface area contributed by atoms with Crippen molar-refractivity contribution in [2.45, 2.75) is 37.8 Å². The summed E-state index contributed by atoms with van der Waals surface area (Å²) in [6.45, 7) is 4.11. The quantitative estimate of drug-likeness (QED) is 0.786. The number of anilines is 2. The molecule has 1 aliphatic rings. The van der Waals surface area contributed by atoms with Crippen molar-refractivity contribution in [3.05, 3.63) is 53.6 Å². The first-order valence-corrected chi connectivity index (χ1v) is 10.6. The fourth-order valence-electron chi connectivity index (χ4n) is 3.23. The molecule has 1 amide bonds. The molecule has 9 heteroatoms. The SMILES string of the molecule is CC(C)C(=O)N1CCCc2ccc(NS(=O)(=O)c3cccc(C(F)(F)F)c3)cc21. The Kier molecular flexibility index (Phi) is 5.62. The second-order valence-electron chi connectivity index (χ2n) is 7.22. The lowest BCUT2D eigenvalue weighted by atomic mass is 9.99. The maximum absolute atomic E-state index is 12.9. The Morgan fingerprint density at radius 1 is 1.14 bits per heavy atom. The van der Waals surface area contributed by atoms with E-state index >= 15 is 0 Å². The van der Waals surface area contributed by atoms with Gasteiger partial charge < -0.3 is 4.90 Å². The molecule has 5 nitrogen and oxygen atoms in total. The van der Waals surface area contributed by atoms with Crippen LogP contribution in [0.25, 0.3) is 0 Å². The molecular weight excluding hydrogens is 405 g/mol. The number of hydrogen-bond donors (Lipinski definition) is 1. The molecule has 0 fully saturated rings. The zero-order valence-electron chi connectivity index (χ0n) is 16.0. The topological polar surface area (TPSA) is 66.5 Å². The molecule has 1 heterocycles. The molecule has 0 atom stereocenters. The van der Waals surface area contributed by atoms with Crippen molar-refractivity contribution in [2.24, 2.45) is 5.92 Å². The minimum absolute atomic E-state index is 0.0659. The van der Waals surface area contributed by atoms with Gasteiger partial charge in [-0.15, -0.1) is 0 Å². The highest BCUT2D eigenvalue weighted by molar-refractivity contribution is 7.92. The molecule has 29 heavy (non-hydrogen) atoms. The molecule has 0 saturated heterocycles. The molecule has 0 saturated carbocycles. The molecule has 0 unspecified atom stereocenters. The summed E-state index contributed by atoms with van der Waals surface area (Å²) in [4.78, 5) is 13.6. The molecule has 0 radical (unpaired) electrons. The Morgan fingerprint density at radius 3 is 2.52 bits per heavy atom. The highest BCUT2D eigenvalue weighted by atomic mass is 32.2. The van der Waals surface area contributed by atoms with Gasteiger partial charge in [0.05, 0.1) is 16.1 Å². The molecule has 3 rings (SSSR count). The molecule has 1 N–H and O–H groups in total. The van der Waals surface area contributed by atoms with Gasteiger partial charge in [-0.3, -0.25) is 9.52 Å². The average Bonchev–Trinajstić information content (AvgIpc) is 2.66. The summed E-state index contributed by atoms with van der Waals surface area (Å²) in [5.74, 6) is -0.282. The van der Waals surface area contributed by atoms with Gasteiger partial charge in [-0.05, 0) is 48.7 Å². The van der Waals surface area contributed by atoms with Crippen molar-refractivity contribution in [3.63, 3.8) is 0 Å². The lowest BCUT2D eigenvalue weighted by Gasteiger charge is -2.31. The van der Waals surface area contributed by atoms with Crippen molar-refractivity contribution >= 4 is 27.3 Å². The monoisotopic (exact) mass is 426 g/mol. The van der Waals surface area contributed by atoms with E-state index in [2.05, 4.69) is 4.72 Å². The van der Waals surface area contributed by atoms with E-state index in [9.17, 15) is 26.4 Å². The molecule has 2 aromatic rings. The number of sulfonamides is 1. The van der Waals surface area contributed by atoms with Crippen LogP contribution < -0.4 is 9.62 Å². The summed E-state index contributed by atoms with van der Waals surface area (Å²) in [6.07, 6.45) is -3.08. The summed E-state index contributed by atoms with van der Waals surface area (Å²) >= 11 is 0. The zero-order valence-corrected chi connectivity index (χ0v) is 16.8. The van der Waals surface area contributed by atoms with Crippen LogP contribution in [0.1, 0.15) is 31.4 Å². The van der Waals surface area contributed by atoms with Gasteiger partial charge in [0.2, 0.25) is 5.91 Å². The smallest absolute Gasteiger partial charge is 0.312 e. The van der Waals surface area contributed by atoms with Gasteiger partial charge in [0.25, 0.3) is 10.0 Å². The predicted molar refractivity (Wildman–Crippen MR) is 104 cm³/mol. The highest BCUT2D eigenvalue weighted by Gasteiger charge is 2.32. The van der Waals surface area contributed by atoms with Crippen molar-refractivity contribution in [3.8, 4) is 0 Å². The van der Waals surface area contributed by atoms with Crippen LogP contribution in [0, 0.1) is 5.92 Å². The maximum Gasteiger partial charge on any atom is 0.416 e.